The number of ketones is 1. The fourth-order valence-electron chi connectivity index (χ4n) is 5.43. The predicted molar refractivity (Wildman–Crippen MR) is 147 cm³/mol. The van der Waals surface area contributed by atoms with Crippen molar-refractivity contribution in [3.05, 3.63) is 35.1 Å². The van der Waals surface area contributed by atoms with Gasteiger partial charge in [-0.25, -0.2) is 0 Å². The van der Waals surface area contributed by atoms with E-state index in [1.54, 1.807) is 40.9 Å². The molecule has 2 heterocycles. The number of hydrogen-bond donors (Lipinski definition) is 4. The van der Waals surface area contributed by atoms with Crippen LogP contribution >= 0.6 is 0 Å². The fourth-order valence-corrected chi connectivity index (χ4v) is 5.43. The zero-order valence-electron chi connectivity index (χ0n) is 24.6. The zero-order chi connectivity index (χ0) is 29.7. The lowest BCUT2D eigenvalue weighted by molar-refractivity contribution is -0.147. The summed E-state index contributed by atoms with van der Waals surface area (Å²) < 4.78 is 17.2. The van der Waals surface area contributed by atoms with Crippen molar-refractivity contribution in [2.45, 2.75) is 116 Å². The Morgan fingerprint density at radius 1 is 1.26 bits per heavy atom. The van der Waals surface area contributed by atoms with Crippen LogP contribution in [0, 0.1) is 17.8 Å². The number of carboxylic acid groups (broad SMARTS) is 1. The van der Waals surface area contributed by atoms with Gasteiger partial charge in [-0.3, -0.25) is 9.59 Å². The van der Waals surface area contributed by atoms with Crippen LogP contribution in [0.4, 0.5) is 0 Å². The fraction of sp³-hybridized carbons (Fsp3) is 0.733. The number of carbonyl (C=O) groups is 2. The lowest BCUT2D eigenvalue weighted by Gasteiger charge is -2.35. The van der Waals surface area contributed by atoms with E-state index in [0.717, 1.165) is 17.6 Å². The molecule has 2 aliphatic rings. The van der Waals surface area contributed by atoms with Crippen LogP contribution in [-0.4, -0.2) is 81.5 Å². The van der Waals surface area contributed by atoms with E-state index in [9.17, 15) is 30.0 Å². The van der Waals surface area contributed by atoms with Gasteiger partial charge in [-0.1, -0.05) is 38.5 Å². The second-order valence-corrected chi connectivity index (χ2v) is 11.6. The molecule has 0 saturated heterocycles. The molecule has 0 aromatic heterocycles. The van der Waals surface area contributed by atoms with E-state index in [1.807, 2.05) is 26.8 Å². The van der Waals surface area contributed by atoms with E-state index >= 15 is 0 Å². The van der Waals surface area contributed by atoms with Crippen LogP contribution in [0.2, 0.25) is 0 Å². The maximum absolute atomic E-state index is 12.1. The Labute approximate surface area is 232 Å². The molecule has 4 N–H and O–H groups in total. The van der Waals surface area contributed by atoms with Crippen molar-refractivity contribution in [1.29, 1.82) is 0 Å². The number of aliphatic hydroxyl groups is 3. The molecule has 0 bridgehead atoms. The number of hydrogen-bond acceptors (Lipinski definition) is 8. The third kappa shape index (κ3) is 8.72. The lowest BCUT2D eigenvalue weighted by Crippen LogP contribution is -2.46. The van der Waals surface area contributed by atoms with Crippen molar-refractivity contribution in [2.75, 3.05) is 7.11 Å². The summed E-state index contributed by atoms with van der Waals surface area (Å²) in [4.78, 5) is 23.6. The third-order valence-corrected chi connectivity index (χ3v) is 8.25. The topological polar surface area (TPSA) is 143 Å². The first-order chi connectivity index (χ1) is 18.1. The van der Waals surface area contributed by atoms with Crippen molar-refractivity contribution in [2.24, 2.45) is 17.8 Å². The summed E-state index contributed by atoms with van der Waals surface area (Å²) >= 11 is 0. The molecule has 0 aliphatic carbocycles. The van der Waals surface area contributed by atoms with Crippen molar-refractivity contribution in [3.63, 3.8) is 0 Å². The van der Waals surface area contributed by atoms with Crippen molar-refractivity contribution >= 4 is 11.8 Å². The number of rotatable bonds is 14. The molecule has 0 aromatic rings. The summed E-state index contributed by atoms with van der Waals surface area (Å²) in [7, 11) is 1.54. The number of allylic oxidation sites excluding steroid dienone is 1. The molecular formula is C30H48O9. The molecule has 0 fully saturated rings. The molecular weight excluding hydrogens is 504 g/mol. The van der Waals surface area contributed by atoms with Crippen molar-refractivity contribution in [1.82, 2.24) is 0 Å². The number of methoxy groups -OCH3 is 1. The molecule has 0 radical (unpaired) electrons. The minimum atomic E-state index is -1.21. The van der Waals surface area contributed by atoms with Crippen LogP contribution in [0.5, 0.6) is 0 Å². The monoisotopic (exact) mass is 552 g/mol. The highest BCUT2D eigenvalue weighted by Crippen LogP contribution is 2.32. The van der Waals surface area contributed by atoms with Crippen molar-refractivity contribution < 1.29 is 44.2 Å². The Bertz CT molecular complexity index is 950. The Kier molecular flexibility index (Phi) is 11.9. The maximum atomic E-state index is 12.1. The molecule has 10 unspecified atom stereocenters. The van der Waals surface area contributed by atoms with Gasteiger partial charge in [0.2, 0.25) is 5.78 Å². The number of aliphatic hydroxyl groups excluding tert-OH is 2. The van der Waals surface area contributed by atoms with E-state index in [0.29, 0.717) is 25.0 Å². The van der Waals surface area contributed by atoms with E-state index in [2.05, 4.69) is 0 Å². The van der Waals surface area contributed by atoms with Gasteiger partial charge in [0, 0.05) is 25.0 Å². The molecule has 222 valence electrons. The van der Waals surface area contributed by atoms with Gasteiger partial charge in [0.25, 0.3) is 0 Å². The van der Waals surface area contributed by atoms with Gasteiger partial charge in [-0.2, -0.15) is 0 Å². The average Bonchev–Trinajstić information content (AvgIpc) is 3.23. The first-order valence-corrected chi connectivity index (χ1v) is 13.9. The SMILES string of the molecule is CCC1=CC(C(C)=CC(C)(O)CCC(OC)C(C)C(O)C(C)C(O)C2OC(C)=CC2=O)OC(C(C)C(=O)O)C1. The van der Waals surface area contributed by atoms with E-state index in [4.69, 9.17) is 14.2 Å². The second-order valence-electron chi connectivity index (χ2n) is 11.6. The maximum Gasteiger partial charge on any atom is 0.308 e. The molecule has 9 heteroatoms. The summed E-state index contributed by atoms with van der Waals surface area (Å²) in [6, 6.07) is 0. The molecule has 2 aliphatic heterocycles. The first-order valence-electron chi connectivity index (χ1n) is 13.9. The van der Waals surface area contributed by atoms with Crippen LogP contribution < -0.4 is 0 Å². The minimum absolute atomic E-state index is 0.320. The summed E-state index contributed by atoms with van der Waals surface area (Å²) in [6.45, 7) is 12.4. The minimum Gasteiger partial charge on any atom is -0.484 e. The van der Waals surface area contributed by atoms with E-state index in [-0.39, 0.29) is 5.78 Å². The van der Waals surface area contributed by atoms with Gasteiger partial charge in [-0.15, -0.1) is 0 Å². The number of ether oxygens (including phenoxy) is 3. The second kappa shape index (κ2) is 14.0. The molecule has 0 aromatic carbocycles. The highest BCUT2D eigenvalue weighted by Gasteiger charge is 2.41. The Hall–Kier alpha value is -2.04. The van der Waals surface area contributed by atoms with Gasteiger partial charge in [0.05, 0.1) is 41.7 Å². The Morgan fingerprint density at radius 2 is 1.90 bits per heavy atom. The van der Waals surface area contributed by atoms with Crippen molar-refractivity contribution in [3.8, 4) is 0 Å². The van der Waals surface area contributed by atoms with Gasteiger partial charge in [-0.05, 0) is 59.0 Å². The number of carbonyl (C=O) groups excluding carboxylic acids is 1. The quantitative estimate of drug-likeness (QED) is 0.238. The smallest absolute Gasteiger partial charge is 0.308 e. The molecule has 9 nitrogen and oxygen atoms in total. The third-order valence-electron chi connectivity index (χ3n) is 8.25. The molecule has 0 amide bonds. The van der Waals surface area contributed by atoms with Crippen LogP contribution in [0.25, 0.3) is 0 Å². The first kappa shape index (κ1) is 33.2. The summed E-state index contributed by atoms with van der Waals surface area (Å²) in [5, 5.41) is 42.4. The molecule has 2 rings (SSSR count). The zero-order valence-corrected chi connectivity index (χ0v) is 24.6. The summed E-state index contributed by atoms with van der Waals surface area (Å²) in [5.41, 5.74) is 0.710. The Morgan fingerprint density at radius 3 is 2.41 bits per heavy atom. The number of aliphatic carboxylic acids is 1. The molecule has 0 spiro atoms. The van der Waals surface area contributed by atoms with Gasteiger partial charge >= 0.3 is 5.97 Å². The van der Waals surface area contributed by atoms with Gasteiger partial charge in [0.15, 0.2) is 6.10 Å². The lowest BCUT2D eigenvalue weighted by atomic mass is 9.81. The summed E-state index contributed by atoms with van der Waals surface area (Å²) in [6.07, 6.45) is 2.74. The van der Waals surface area contributed by atoms with E-state index < -0.39 is 65.9 Å². The summed E-state index contributed by atoms with van der Waals surface area (Å²) in [5.74, 6) is -2.49. The predicted octanol–water partition coefficient (Wildman–Crippen LogP) is 3.56. The molecule has 0 saturated carbocycles. The largest absolute Gasteiger partial charge is 0.484 e. The standard InChI is InChI=1S/C30H48O9/c1-9-21-13-24(39-25(14-21)19(5)29(34)35)16(2)15-30(7,36)11-10-23(37-8)18(4)26(32)20(6)27(33)28-22(31)12-17(3)38-28/h12-13,15,18-20,23-28,32-33,36H,9-11,14H2,1-8H3,(H,34,35). The number of carboxylic acids is 1. The van der Waals surface area contributed by atoms with E-state index in [1.165, 1.54) is 6.08 Å². The van der Waals surface area contributed by atoms with Gasteiger partial charge < -0.3 is 34.6 Å². The Balaban J connectivity index is 2.05. The highest BCUT2D eigenvalue weighted by atomic mass is 16.5. The van der Waals surface area contributed by atoms with Gasteiger partial charge in [0.1, 0.15) is 6.10 Å². The van der Waals surface area contributed by atoms with Crippen LogP contribution in [0.3, 0.4) is 0 Å². The van der Waals surface area contributed by atoms with Crippen LogP contribution in [-0.2, 0) is 23.8 Å². The van der Waals surface area contributed by atoms with Crippen LogP contribution in [0.15, 0.2) is 35.1 Å². The molecule has 39 heavy (non-hydrogen) atoms. The normalized spacial score (nSPS) is 28.3. The highest BCUT2D eigenvalue weighted by molar-refractivity contribution is 5.96. The average molecular weight is 553 g/mol. The van der Waals surface area contributed by atoms with Crippen LogP contribution in [0.1, 0.15) is 74.1 Å². The molecule has 10 atom stereocenters.